The van der Waals surface area contributed by atoms with Crippen LogP contribution in [0.5, 0.6) is 0 Å². The molecule has 1 atom stereocenters. The zero-order chi connectivity index (χ0) is 10.3. The van der Waals surface area contributed by atoms with Gasteiger partial charge in [-0.3, -0.25) is 0 Å². The third-order valence-electron chi connectivity index (χ3n) is 2.42. The number of hydrogen-bond acceptors (Lipinski definition) is 1. The van der Waals surface area contributed by atoms with Crippen molar-refractivity contribution in [1.29, 1.82) is 0 Å². The van der Waals surface area contributed by atoms with Crippen LogP contribution in [0.25, 0.3) is 0 Å². The average Bonchev–Trinajstić information content (AvgIpc) is 2.10. The minimum absolute atomic E-state index is 0.554. The number of unbranched alkanes of at least 4 members (excludes halogenated alkanes) is 1. The Morgan fingerprint density at radius 2 is 1.92 bits per heavy atom. The molecule has 0 saturated carbocycles. The SMILES string of the molecule is C=C(NCC(C)CCCC)C(C)C. The van der Waals surface area contributed by atoms with Crippen LogP contribution in [0.1, 0.15) is 47.0 Å². The fourth-order valence-corrected chi connectivity index (χ4v) is 1.16. The molecule has 78 valence electrons. The summed E-state index contributed by atoms with van der Waals surface area (Å²) < 4.78 is 0. The van der Waals surface area contributed by atoms with E-state index in [-0.39, 0.29) is 0 Å². The third kappa shape index (κ3) is 6.68. The molecular formula is C12H25N. The first-order valence-corrected chi connectivity index (χ1v) is 5.50. The van der Waals surface area contributed by atoms with Gasteiger partial charge in [0, 0.05) is 12.2 Å². The standard InChI is InChI=1S/C12H25N/c1-6-7-8-11(4)9-13-12(5)10(2)3/h10-11,13H,5-9H2,1-4H3. The summed E-state index contributed by atoms with van der Waals surface area (Å²) in [6, 6.07) is 0. The average molecular weight is 183 g/mol. The molecule has 0 aliphatic heterocycles. The maximum atomic E-state index is 4.00. The van der Waals surface area contributed by atoms with E-state index in [1.165, 1.54) is 25.0 Å². The molecule has 0 aromatic rings. The highest BCUT2D eigenvalue weighted by Crippen LogP contribution is 2.08. The van der Waals surface area contributed by atoms with Crippen molar-refractivity contribution in [1.82, 2.24) is 5.32 Å². The van der Waals surface area contributed by atoms with Gasteiger partial charge in [0.15, 0.2) is 0 Å². The maximum absolute atomic E-state index is 4.00. The molecule has 0 heterocycles. The van der Waals surface area contributed by atoms with Gasteiger partial charge in [-0.15, -0.1) is 0 Å². The Kier molecular flexibility index (Phi) is 6.75. The normalized spacial score (nSPS) is 13.0. The lowest BCUT2D eigenvalue weighted by molar-refractivity contribution is 0.473. The Bertz CT molecular complexity index is 138. The molecule has 0 fully saturated rings. The largest absolute Gasteiger partial charge is 0.388 e. The van der Waals surface area contributed by atoms with Crippen molar-refractivity contribution in [2.24, 2.45) is 11.8 Å². The van der Waals surface area contributed by atoms with Gasteiger partial charge in [-0.2, -0.15) is 0 Å². The fourth-order valence-electron chi connectivity index (χ4n) is 1.16. The Labute approximate surface area is 83.6 Å². The van der Waals surface area contributed by atoms with Gasteiger partial charge in [0.1, 0.15) is 0 Å². The minimum Gasteiger partial charge on any atom is -0.388 e. The Morgan fingerprint density at radius 1 is 1.31 bits per heavy atom. The molecule has 1 unspecified atom stereocenters. The van der Waals surface area contributed by atoms with Gasteiger partial charge in [-0.1, -0.05) is 47.1 Å². The van der Waals surface area contributed by atoms with Crippen molar-refractivity contribution in [3.05, 3.63) is 12.3 Å². The van der Waals surface area contributed by atoms with Gasteiger partial charge in [0.25, 0.3) is 0 Å². The molecule has 0 bridgehead atoms. The first-order chi connectivity index (χ1) is 6.07. The van der Waals surface area contributed by atoms with Gasteiger partial charge in [0.05, 0.1) is 0 Å². The second-order valence-corrected chi connectivity index (χ2v) is 4.31. The van der Waals surface area contributed by atoms with E-state index < -0.39 is 0 Å². The molecule has 0 radical (unpaired) electrons. The molecule has 1 heteroatoms. The molecule has 13 heavy (non-hydrogen) atoms. The molecule has 0 rings (SSSR count). The monoisotopic (exact) mass is 183 g/mol. The van der Waals surface area contributed by atoms with Crippen molar-refractivity contribution in [2.75, 3.05) is 6.54 Å². The summed E-state index contributed by atoms with van der Waals surface area (Å²) in [7, 11) is 0. The van der Waals surface area contributed by atoms with Gasteiger partial charge >= 0.3 is 0 Å². The summed E-state index contributed by atoms with van der Waals surface area (Å²) in [5.74, 6) is 1.33. The van der Waals surface area contributed by atoms with Crippen LogP contribution in [-0.2, 0) is 0 Å². The van der Waals surface area contributed by atoms with Gasteiger partial charge < -0.3 is 5.32 Å². The lowest BCUT2D eigenvalue weighted by atomic mass is 10.0. The number of rotatable bonds is 7. The predicted octanol–water partition coefficient (Wildman–Crippen LogP) is 3.57. The lowest BCUT2D eigenvalue weighted by Gasteiger charge is -2.16. The summed E-state index contributed by atoms with van der Waals surface area (Å²) in [4.78, 5) is 0. The van der Waals surface area contributed by atoms with Crippen LogP contribution in [0.15, 0.2) is 12.3 Å². The van der Waals surface area contributed by atoms with Gasteiger partial charge in [-0.25, -0.2) is 0 Å². The van der Waals surface area contributed by atoms with Crippen LogP contribution < -0.4 is 5.32 Å². The van der Waals surface area contributed by atoms with Crippen molar-refractivity contribution in [3.8, 4) is 0 Å². The van der Waals surface area contributed by atoms with Crippen molar-refractivity contribution in [3.63, 3.8) is 0 Å². The fraction of sp³-hybridized carbons (Fsp3) is 0.833. The molecule has 0 spiro atoms. The number of allylic oxidation sites excluding steroid dienone is 1. The van der Waals surface area contributed by atoms with E-state index in [0.29, 0.717) is 5.92 Å². The van der Waals surface area contributed by atoms with Crippen LogP contribution >= 0.6 is 0 Å². The Balaban J connectivity index is 3.46. The summed E-state index contributed by atoms with van der Waals surface area (Å²) in [6.07, 6.45) is 3.97. The molecule has 1 N–H and O–H groups in total. The second kappa shape index (κ2) is 6.99. The molecule has 0 aliphatic rings. The topological polar surface area (TPSA) is 12.0 Å². The van der Waals surface area contributed by atoms with E-state index in [0.717, 1.165) is 12.5 Å². The van der Waals surface area contributed by atoms with E-state index in [2.05, 4.69) is 39.6 Å². The van der Waals surface area contributed by atoms with Crippen molar-refractivity contribution < 1.29 is 0 Å². The molecule has 0 aromatic carbocycles. The predicted molar refractivity (Wildman–Crippen MR) is 60.7 cm³/mol. The molecule has 0 saturated heterocycles. The summed E-state index contributed by atoms with van der Waals surface area (Å²) in [5.41, 5.74) is 1.17. The van der Waals surface area contributed by atoms with E-state index in [9.17, 15) is 0 Å². The second-order valence-electron chi connectivity index (χ2n) is 4.31. The molecule has 1 nitrogen and oxygen atoms in total. The van der Waals surface area contributed by atoms with E-state index >= 15 is 0 Å². The van der Waals surface area contributed by atoms with Crippen molar-refractivity contribution >= 4 is 0 Å². The molecule has 0 amide bonds. The Hall–Kier alpha value is -0.460. The van der Waals surface area contributed by atoms with Crippen LogP contribution in [0.2, 0.25) is 0 Å². The first-order valence-electron chi connectivity index (χ1n) is 5.50. The maximum Gasteiger partial charge on any atom is 0.0169 e. The van der Waals surface area contributed by atoms with Gasteiger partial charge in [0.2, 0.25) is 0 Å². The minimum atomic E-state index is 0.554. The van der Waals surface area contributed by atoms with Crippen LogP contribution in [0.3, 0.4) is 0 Å². The summed E-state index contributed by atoms with van der Waals surface area (Å²) in [5, 5.41) is 3.40. The highest BCUT2D eigenvalue weighted by Gasteiger charge is 2.03. The zero-order valence-electron chi connectivity index (χ0n) is 9.69. The molecule has 0 aromatic heterocycles. The highest BCUT2D eigenvalue weighted by atomic mass is 14.9. The first kappa shape index (κ1) is 12.5. The van der Waals surface area contributed by atoms with Crippen LogP contribution in [0.4, 0.5) is 0 Å². The zero-order valence-corrected chi connectivity index (χ0v) is 9.69. The Morgan fingerprint density at radius 3 is 2.38 bits per heavy atom. The third-order valence-corrected chi connectivity index (χ3v) is 2.42. The van der Waals surface area contributed by atoms with E-state index in [4.69, 9.17) is 0 Å². The number of nitrogens with one attached hydrogen (secondary N) is 1. The summed E-state index contributed by atoms with van der Waals surface area (Å²) >= 11 is 0. The quantitative estimate of drug-likeness (QED) is 0.636. The smallest absolute Gasteiger partial charge is 0.0169 e. The highest BCUT2D eigenvalue weighted by molar-refractivity contribution is 4.94. The van der Waals surface area contributed by atoms with Gasteiger partial charge in [-0.05, 0) is 18.3 Å². The van der Waals surface area contributed by atoms with E-state index in [1.807, 2.05) is 0 Å². The van der Waals surface area contributed by atoms with Crippen LogP contribution in [0, 0.1) is 11.8 Å². The van der Waals surface area contributed by atoms with Crippen LogP contribution in [-0.4, -0.2) is 6.54 Å². The van der Waals surface area contributed by atoms with Crippen molar-refractivity contribution in [2.45, 2.75) is 47.0 Å². The summed E-state index contributed by atoms with van der Waals surface area (Å²) in [6.45, 7) is 14.0. The number of hydrogen-bond donors (Lipinski definition) is 1. The lowest BCUT2D eigenvalue weighted by Crippen LogP contribution is -2.22. The molecule has 0 aliphatic carbocycles. The molecular weight excluding hydrogens is 158 g/mol. The van der Waals surface area contributed by atoms with E-state index in [1.54, 1.807) is 0 Å².